The van der Waals surface area contributed by atoms with E-state index in [-0.39, 0.29) is 0 Å². The average molecular weight is 233 g/mol. The molecule has 1 saturated heterocycles. The summed E-state index contributed by atoms with van der Waals surface area (Å²) in [4.78, 5) is 13.3. The minimum absolute atomic E-state index is 0.553. The van der Waals surface area contributed by atoms with Crippen molar-refractivity contribution in [3.63, 3.8) is 0 Å². The molecule has 0 unspecified atom stereocenters. The van der Waals surface area contributed by atoms with E-state index in [1.165, 1.54) is 0 Å². The number of hydrogen-bond acceptors (Lipinski definition) is 3. The highest BCUT2D eigenvalue weighted by molar-refractivity contribution is 5.85. The van der Waals surface area contributed by atoms with Gasteiger partial charge in [-0.3, -0.25) is 4.79 Å². The molecule has 0 bridgehead atoms. The number of piperidine rings is 1. The SMILES string of the molecule is Cc1ccc(N2CCC(C)(O)CC2)c(C=O)c1. The zero-order valence-electron chi connectivity index (χ0n) is 10.4. The largest absolute Gasteiger partial charge is 0.390 e. The van der Waals surface area contributed by atoms with Crippen molar-refractivity contribution in [1.29, 1.82) is 0 Å². The smallest absolute Gasteiger partial charge is 0.152 e. The first-order chi connectivity index (χ1) is 8.02. The number of carbonyl (C=O) groups excluding carboxylic acids is 1. The summed E-state index contributed by atoms with van der Waals surface area (Å²) in [5.74, 6) is 0. The van der Waals surface area contributed by atoms with Gasteiger partial charge in [0.05, 0.1) is 5.60 Å². The van der Waals surface area contributed by atoms with Gasteiger partial charge in [-0.1, -0.05) is 11.6 Å². The summed E-state index contributed by atoms with van der Waals surface area (Å²) < 4.78 is 0. The number of anilines is 1. The molecule has 3 heteroatoms. The third kappa shape index (κ3) is 2.67. The fourth-order valence-electron chi connectivity index (χ4n) is 2.29. The van der Waals surface area contributed by atoms with Crippen LogP contribution in [0, 0.1) is 6.92 Å². The summed E-state index contributed by atoms with van der Waals surface area (Å²) in [7, 11) is 0. The average Bonchev–Trinajstić information content (AvgIpc) is 2.29. The number of aldehydes is 1. The molecule has 0 spiro atoms. The first-order valence-electron chi connectivity index (χ1n) is 6.05. The third-order valence-electron chi connectivity index (χ3n) is 3.49. The van der Waals surface area contributed by atoms with Crippen molar-refractivity contribution in [1.82, 2.24) is 0 Å². The van der Waals surface area contributed by atoms with Crippen LogP contribution in [0.2, 0.25) is 0 Å². The molecule has 1 fully saturated rings. The molecule has 0 atom stereocenters. The van der Waals surface area contributed by atoms with Crippen LogP contribution in [0.5, 0.6) is 0 Å². The standard InChI is InChI=1S/C14H19NO2/c1-11-3-4-13(12(9-11)10-16)15-7-5-14(2,17)6-8-15/h3-4,9-10,17H,5-8H2,1-2H3. The highest BCUT2D eigenvalue weighted by Crippen LogP contribution is 2.28. The fourth-order valence-corrected chi connectivity index (χ4v) is 2.29. The summed E-state index contributed by atoms with van der Waals surface area (Å²) in [6.07, 6.45) is 2.41. The van der Waals surface area contributed by atoms with Crippen LogP contribution < -0.4 is 4.90 Å². The maximum absolute atomic E-state index is 11.1. The Bertz CT molecular complexity index is 416. The first kappa shape index (κ1) is 12.1. The number of carbonyl (C=O) groups is 1. The molecule has 2 rings (SSSR count). The summed E-state index contributed by atoms with van der Waals surface area (Å²) in [5.41, 5.74) is 2.27. The predicted octanol–water partition coefficient (Wildman–Crippen LogP) is 2.16. The van der Waals surface area contributed by atoms with Crippen LogP contribution in [0.15, 0.2) is 18.2 Å². The lowest BCUT2D eigenvalue weighted by molar-refractivity contribution is 0.0351. The lowest BCUT2D eigenvalue weighted by Crippen LogP contribution is -2.42. The molecule has 0 aliphatic carbocycles. The Hall–Kier alpha value is -1.35. The number of aliphatic hydroxyl groups is 1. The molecule has 92 valence electrons. The molecule has 0 saturated carbocycles. The molecule has 1 aliphatic heterocycles. The van der Waals surface area contributed by atoms with E-state index in [1.807, 2.05) is 32.0 Å². The lowest BCUT2D eigenvalue weighted by atomic mass is 9.93. The molecule has 3 nitrogen and oxygen atoms in total. The summed E-state index contributed by atoms with van der Waals surface area (Å²) in [6.45, 7) is 5.46. The lowest BCUT2D eigenvalue weighted by Gasteiger charge is -2.37. The van der Waals surface area contributed by atoms with Crippen molar-refractivity contribution >= 4 is 12.0 Å². The number of aryl methyl sites for hydroxylation is 1. The Labute approximate surface area is 102 Å². The Morgan fingerprint density at radius 2 is 2.00 bits per heavy atom. The van der Waals surface area contributed by atoms with Gasteiger partial charge in [-0.05, 0) is 38.8 Å². The van der Waals surface area contributed by atoms with E-state index in [2.05, 4.69) is 4.90 Å². The molecular formula is C14H19NO2. The minimum atomic E-state index is -0.553. The monoisotopic (exact) mass is 233 g/mol. The highest BCUT2D eigenvalue weighted by atomic mass is 16.3. The zero-order valence-corrected chi connectivity index (χ0v) is 10.4. The second-order valence-corrected chi connectivity index (χ2v) is 5.16. The number of rotatable bonds is 2. The third-order valence-corrected chi connectivity index (χ3v) is 3.49. The van der Waals surface area contributed by atoms with Crippen LogP contribution in [0.4, 0.5) is 5.69 Å². The van der Waals surface area contributed by atoms with Gasteiger partial charge in [0.15, 0.2) is 6.29 Å². The molecule has 17 heavy (non-hydrogen) atoms. The van der Waals surface area contributed by atoms with Gasteiger partial charge in [-0.2, -0.15) is 0 Å². The van der Waals surface area contributed by atoms with Crippen molar-refractivity contribution in [3.8, 4) is 0 Å². The minimum Gasteiger partial charge on any atom is -0.390 e. The Morgan fingerprint density at radius 1 is 1.35 bits per heavy atom. The van der Waals surface area contributed by atoms with E-state index in [0.717, 1.165) is 49.0 Å². The quantitative estimate of drug-likeness (QED) is 0.796. The van der Waals surface area contributed by atoms with Gasteiger partial charge in [-0.15, -0.1) is 0 Å². The van der Waals surface area contributed by atoms with Crippen LogP contribution in [-0.4, -0.2) is 30.1 Å². The van der Waals surface area contributed by atoms with E-state index >= 15 is 0 Å². The van der Waals surface area contributed by atoms with Gasteiger partial charge in [-0.25, -0.2) is 0 Å². The van der Waals surface area contributed by atoms with Gasteiger partial charge in [0.25, 0.3) is 0 Å². The number of hydrogen-bond donors (Lipinski definition) is 1. The first-order valence-corrected chi connectivity index (χ1v) is 6.05. The van der Waals surface area contributed by atoms with E-state index in [1.54, 1.807) is 0 Å². The van der Waals surface area contributed by atoms with Gasteiger partial charge in [0, 0.05) is 24.3 Å². The Balaban J connectivity index is 2.21. The Kier molecular flexibility index (Phi) is 3.20. The van der Waals surface area contributed by atoms with E-state index < -0.39 is 5.60 Å². The Morgan fingerprint density at radius 3 is 2.59 bits per heavy atom. The second-order valence-electron chi connectivity index (χ2n) is 5.16. The van der Waals surface area contributed by atoms with Crippen molar-refractivity contribution in [2.24, 2.45) is 0 Å². The number of benzene rings is 1. The maximum atomic E-state index is 11.1. The molecular weight excluding hydrogens is 214 g/mol. The normalized spacial score (nSPS) is 19.1. The molecule has 0 amide bonds. The topological polar surface area (TPSA) is 40.5 Å². The summed E-state index contributed by atoms with van der Waals surface area (Å²) in [5, 5.41) is 9.91. The van der Waals surface area contributed by atoms with Crippen molar-refractivity contribution in [3.05, 3.63) is 29.3 Å². The van der Waals surface area contributed by atoms with Gasteiger partial charge in [0.2, 0.25) is 0 Å². The van der Waals surface area contributed by atoms with Gasteiger partial charge in [0.1, 0.15) is 0 Å². The number of nitrogens with zero attached hydrogens (tertiary/aromatic N) is 1. The van der Waals surface area contributed by atoms with Crippen LogP contribution in [-0.2, 0) is 0 Å². The van der Waals surface area contributed by atoms with E-state index in [4.69, 9.17) is 0 Å². The highest BCUT2D eigenvalue weighted by Gasteiger charge is 2.28. The zero-order chi connectivity index (χ0) is 12.5. The van der Waals surface area contributed by atoms with Crippen molar-refractivity contribution < 1.29 is 9.90 Å². The van der Waals surface area contributed by atoms with Crippen LogP contribution in [0.1, 0.15) is 35.7 Å². The van der Waals surface area contributed by atoms with Crippen LogP contribution in [0.3, 0.4) is 0 Å². The maximum Gasteiger partial charge on any atom is 0.152 e. The second kappa shape index (κ2) is 4.49. The fraction of sp³-hybridized carbons (Fsp3) is 0.500. The predicted molar refractivity (Wildman–Crippen MR) is 68.6 cm³/mol. The molecule has 1 aromatic rings. The van der Waals surface area contributed by atoms with Gasteiger partial charge >= 0.3 is 0 Å². The van der Waals surface area contributed by atoms with Crippen molar-refractivity contribution in [2.75, 3.05) is 18.0 Å². The molecule has 1 N–H and O–H groups in total. The summed E-state index contributed by atoms with van der Waals surface area (Å²) in [6, 6.07) is 5.93. The van der Waals surface area contributed by atoms with Crippen LogP contribution >= 0.6 is 0 Å². The van der Waals surface area contributed by atoms with E-state index in [0.29, 0.717) is 0 Å². The van der Waals surface area contributed by atoms with E-state index in [9.17, 15) is 9.90 Å². The summed E-state index contributed by atoms with van der Waals surface area (Å²) >= 11 is 0. The molecule has 1 aliphatic rings. The van der Waals surface area contributed by atoms with Gasteiger partial charge < -0.3 is 10.0 Å². The molecule has 0 radical (unpaired) electrons. The molecule has 1 heterocycles. The molecule has 1 aromatic carbocycles. The molecule has 0 aromatic heterocycles. The van der Waals surface area contributed by atoms with Crippen LogP contribution in [0.25, 0.3) is 0 Å². The van der Waals surface area contributed by atoms with Crippen molar-refractivity contribution in [2.45, 2.75) is 32.3 Å².